The zero-order chi connectivity index (χ0) is 20.9. The van der Waals surface area contributed by atoms with E-state index in [4.69, 9.17) is 9.47 Å². The van der Waals surface area contributed by atoms with E-state index in [1.165, 1.54) is 0 Å². The third-order valence-corrected chi connectivity index (χ3v) is 4.54. The van der Waals surface area contributed by atoms with Gasteiger partial charge in [0.15, 0.2) is 11.5 Å². The Kier molecular flexibility index (Phi) is 6.99. The summed E-state index contributed by atoms with van der Waals surface area (Å²) in [5.41, 5.74) is 1.68. The number of nitrogens with one attached hydrogen (secondary N) is 3. The highest BCUT2D eigenvalue weighted by molar-refractivity contribution is 5.77. The lowest BCUT2D eigenvalue weighted by Gasteiger charge is -2.39. The maximum absolute atomic E-state index is 12.9. The van der Waals surface area contributed by atoms with Gasteiger partial charge in [-0.25, -0.2) is 9.59 Å². The highest BCUT2D eigenvalue weighted by Gasteiger charge is 2.33. The van der Waals surface area contributed by atoms with E-state index in [1.807, 2.05) is 39.8 Å². The van der Waals surface area contributed by atoms with E-state index in [2.05, 4.69) is 16.0 Å². The van der Waals surface area contributed by atoms with E-state index in [0.29, 0.717) is 37.6 Å². The standard InChI is InChI=1S/C20H32N4O4/c1-7-21-18(25)22-12-15-14-11-17(28-6)16(27-5)10-13(14)8-9-24(15)19(26)23-20(2,3)4/h10-11,15H,7-9,12H2,1-6H3,(H,23,26)(H2,21,22,25)/t15-/m1/s1. The van der Waals surface area contributed by atoms with Gasteiger partial charge in [0.05, 0.1) is 20.3 Å². The van der Waals surface area contributed by atoms with Crippen molar-refractivity contribution in [1.29, 1.82) is 0 Å². The summed E-state index contributed by atoms with van der Waals surface area (Å²) in [4.78, 5) is 26.6. The van der Waals surface area contributed by atoms with Gasteiger partial charge in [0.25, 0.3) is 0 Å². The Morgan fingerprint density at radius 1 is 1.14 bits per heavy atom. The smallest absolute Gasteiger partial charge is 0.318 e. The molecule has 28 heavy (non-hydrogen) atoms. The molecule has 0 aromatic heterocycles. The summed E-state index contributed by atoms with van der Waals surface area (Å²) >= 11 is 0. The summed E-state index contributed by atoms with van der Waals surface area (Å²) in [5, 5.41) is 8.60. The topological polar surface area (TPSA) is 91.9 Å². The Morgan fingerprint density at radius 2 is 1.79 bits per heavy atom. The summed E-state index contributed by atoms with van der Waals surface area (Å²) in [6.07, 6.45) is 0.699. The molecule has 0 saturated carbocycles. The van der Waals surface area contributed by atoms with Crippen LogP contribution < -0.4 is 25.4 Å². The lowest BCUT2D eigenvalue weighted by molar-refractivity contribution is 0.159. The van der Waals surface area contributed by atoms with Crippen LogP contribution in [0.15, 0.2) is 12.1 Å². The second kappa shape index (κ2) is 9.03. The molecule has 4 amide bonds. The Hall–Kier alpha value is -2.64. The Morgan fingerprint density at radius 3 is 2.36 bits per heavy atom. The predicted octanol–water partition coefficient (Wildman–Crippen LogP) is 2.43. The number of urea groups is 2. The molecule has 1 aliphatic rings. The van der Waals surface area contributed by atoms with E-state index < -0.39 is 0 Å². The first kappa shape index (κ1) is 21.7. The molecule has 8 nitrogen and oxygen atoms in total. The third-order valence-electron chi connectivity index (χ3n) is 4.54. The monoisotopic (exact) mass is 392 g/mol. The van der Waals surface area contributed by atoms with Crippen LogP contribution in [0.1, 0.15) is 44.9 Å². The van der Waals surface area contributed by atoms with Gasteiger partial charge in [-0.15, -0.1) is 0 Å². The largest absolute Gasteiger partial charge is 0.493 e. The maximum Gasteiger partial charge on any atom is 0.318 e. The molecule has 0 unspecified atom stereocenters. The SMILES string of the molecule is CCNC(=O)NC[C@@H]1c2cc(OC)c(OC)cc2CCN1C(=O)NC(C)(C)C. The van der Waals surface area contributed by atoms with Crippen molar-refractivity contribution in [1.82, 2.24) is 20.9 Å². The van der Waals surface area contributed by atoms with Gasteiger partial charge in [0.2, 0.25) is 0 Å². The number of fused-ring (bicyclic) bond motifs is 1. The number of nitrogens with zero attached hydrogens (tertiary/aromatic N) is 1. The molecule has 8 heteroatoms. The molecule has 0 radical (unpaired) electrons. The van der Waals surface area contributed by atoms with Crippen molar-refractivity contribution >= 4 is 12.1 Å². The fourth-order valence-electron chi connectivity index (χ4n) is 3.30. The number of rotatable bonds is 5. The molecular formula is C20H32N4O4. The summed E-state index contributed by atoms with van der Waals surface area (Å²) in [7, 11) is 3.18. The molecule has 0 saturated heterocycles. The molecule has 2 rings (SSSR count). The van der Waals surface area contributed by atoms with Gasteiger partial charge in [0.1, 0.15) is 0 Å². The van der Waals surface area contributed by atoms with Crippen LogP contribution in [0, 0.1) is 0 Å². The molecule has 0 bridgehead atoms. The van der Waals surface area contributed by atoms with Crippen molar-refractivity contribution in [2.24, 2.45) is 0 Å². The first-order valence-electron chi connectivity index (χ1n) is 9.55. The van der Waals surface area contributed by atoms with E-state index in [1.54, 1.807) is 19.1 Å². The van der Waals surface area contributed by atoms with Crippen molar-refractivity contribution in [3.63, 3.8) is 0 Å². The minimum atomic E-state index is -0.355. The molecule has 1 atom stereocenters. The fraction of sp³-hybridized carbons (Fsp3) is 0.600. The fourth-order valence-corrected chi connectivity index (χ4v) is 3.30. The molecule has 0 spiro atoms. The van der Waals surface area contributed by atoms with Gasteiger partial charge in [-0.3, -0.25) is 0 Å². The number of carbonyl (C=O) groups is 2. The zero-order valence-corrected chi connectivity index (χ0v) is 17.6. The molecule has 3 N–H and O–H groups in total. The molecule has 0 aliphatic carbocycles. The molecule has 1 heterocycles. The average molecular weight is 393 g/mol. The van der Waals surface area contributed by atoms with E-state index in [-0.39, 0.29) is 23.6 Å². The quantitative estimate of drug-likeness (QED) is 0.718. The highest BCUT2D eigenvalue weighted by atomic mass is 16.5. The van der Waals surface area contributed by atoms with Gasteiger partial charge in [0, 0.05) is 25.2 Å². The van der Waals surface area contributed by atoms with Crippen LogP contribution in [0.25, 0.3) is 0 Å². The van der Waals surface area contributed by atoms with Gasteiger partial charge >= 0.3 is 12.1 Å². The van der Waals surface area contributed by atoms with Crippen LogP contribution in [0.3, 0.4) is 0 Å². The van der Waals surface area contributed by atoms with E-state index >= 15 is 0 Å². The predicted molar refractivity (Wildman–Crippen MR) is 108 cm³/mol. The van der Waals surface area contributed by atoms with Crippen LogP contribution in [0.4, 0.5) is 9.59 Å². The highest BCUT2D eigenvalue weighted by Crippen LogP contribution is 2.38. The molecule has 1 aromatic rings. The Bertz CT molecular complexity index is 715. The molecule has 156 valence electrons. The number of amides is 4. The maximum atomic E-state index is 12.9. The van der Waals surface area contributed by atoms with Crippen LogP contribution in [-0.4, -0.2) is 56.4 Å². The Balaban J connectivity index is 2.37. The Labute approximate surface area is 166 Å². The first-order valence-corrected chi connectivity index (χ1v) is 9.55. The zero-order valence-electron chi connectivity index (χ0n) is 17.6. The number of ether oxygens (including phenoxy) is 2. The molecular weight excluding hydrogens is 360 g/mol. The molecule has 1 aromatic carbocycles. The molecule has 0 fully saturated rings. The second-order valence-electron chi connectivity index (χ2n) is 7.79. The minimum absolute atomic E-state index is 0.157. The van der Waals surface area contributed by atoms with Crippen molar-refractivity contribution in [2.45, 2.75) is 45.7 Å². The number of methoxy groups -OCH3 is 2. The van der Waals surface area contributed by atoms with Crippen molar-refractivity contribution in [2.75, 3.05) is 33.9 Å². The first-order chi connectivity index (χ1) is 13.2. The van der Waals surface area contributed by atoms with Crippen LogP contribution in [-0.2, 0) is 6.42 Å². The van der Waals surface area contributed by atoms with Crippen LogP contribution in [0.5, 0.6) is 11.5 Å². The van der Waals surface area contributed by atoms with Crippen molar-refractivity contribution < 1.29 is 19.1 Å². The summed E-state index contributed by atoms with van der Waals surface area (Å²) in [5.74, 6) is 1.26. The summed E-state index contributed by atoms with van der Waals surface area (Å²) < 4.78 is 10.9. The van der Waals surface area contributed by atoms with Crippen molar-refractivity contribution in [3.05, 3.63) is 23.3 Å². The lowest BCUT2D eigenvalue weighted by atomic mass is 9.91. The van der Waals surface area contributed by atoms with Gasteiger partial charge < -0.3 is 30.3 Å². The number of carbonyl (C=O) groups excluding carboxylic acids is 2. The summed E-state index contributed by atoms with van der Waals surface area (Å²) in [6.45, 7) is 9.07. The third kappa shape index (κ3) is 5.21. The van der Waals surface area contributed by atoms with Crippen LogP contribution in [0.2, 0.25) is 0 Å². The molecule has 1 aliphatic heterocycles. The van der Waals surface area contributed by atoms with E-state index in [9.17, 15) is 9.59 Å². The van der Waals surface area contributed by atoms with Gasteiger partial charge in [-0.2, -0.15) is 0 Å². The lowest BCUT2D eigenvalue weighted by Crippen LogP contribution is -2.53. The van der Waals surface area contributed by atoms with E-state index in [0.717, 1.165) is 11.1 Å². The van der Waals surface area contributed by atoms with Gasteiger partial charge in [-0.1, -0.05) is 0 Å². The van der Waals surface area contributed by atoms with Crippen molar-refractivity contribution in [3.8, 4) is 11.5 Å². The van der Waals surface area contributed by atoms with Crippen LogP contribution >= 0.6 is 0 Å². The number of hydrogen-bond acceptors (Lipinski definition) is 4. The average Bonchev–Trinajstić information content (AvgIpc) is 2.63. The normalized spacial score (nSPS) is 16.1. The minimum Gasteiger partial charge on any atom is -0.493 e. The van der Waals surface area contributed by atoms with Gasteiger partial charge in [-0.05, 0) is 57.4 Å². The summed E-state index contributed by atoms with van der Waals surface area (Å²) in [6, 6.07) is 3.12. The number of benzene rings is 1. The second-order valence-corrected chi connectivity index (χ2v) is 7.79. The number of hydrogen-bond donors (Lipinski definition) is 3.